The molecule has 0 saturated carbocycles. The van der Waals surface area contributed by atoms with Crippen LogP contribution in [0, 0.1) is 3.57 Å². The fraction of sp³-hybridized carbons (Fsp3) is 0.174. The topological polar surface area (TPSA) is 60.7 Å². The van der Waals surface area contributed by atoms with Crippen molar-refractivity contribution in [1.82, 2.24) is 4.57 Å². The first-order valence-corrected chi connectivity index (χ1v) is 11.9. The second-order valence-electron chi connectivity index (χ2n) is 6.88. The van der Waals surface area contributed by atoms with Gasteiger partial charge in [-0.25, -0.2) is 9.79 Å². The second kappa shape index (κ2) is 9.10. The molecule has 1 aliphatic heterocycles. The number of thiazole rings is 1. The lowest BCUT2D eigenvalue weighted by atomic mass is 9.96. The minimum Gasteiger partial charge on any atom is -0.463 e. The zero-order valence-corrected chi connectivity index (χ0v) is 20.5. The van der Waals surface area contributed by atoms with Gasteiger partial charge >= 0.3 is 5.97 Å². The lowest BCUT2D eigenvalue weighted by molar-refractivity contribution is -0.139. The van der Waals surface area contributed by atoms with E-state index >= 15 is 0 Å². The van der Waals surface area contributed by atoms with Gasteiger partial charge in [-0.2, -0.15) is 0 Å². The molecule has 158 valence electrons. The molecule has 0 amide bonds. The third kappa shape index (κ3) is 4.26. The van der Waals surface area contributed by atoms with E-state index in [-0.39, 0.29) is 12.2 Å². The molecule has 4 rings (SSSR count). The number of ether oxygens (including phenoxy) is 1. The maximum Gasteiger partial charge on any atom is 0.338 e. The number of rotatable bonds is 4. The molecule has 1 aliphatic rings. The van der Waals surface area contributed by atoms with E-state index in [4.69, 9.17) is 16.3 Å². The molecule has 1 aromatic heterocycles. The number of hydrogen-bond acceptors (Lipinski definition) is 5. The molecule has 0 aliphatic carbocycles. The molecule has 0 radical (unpaired) electrons. The van der Waals surface area contributed by atoms with Crippen LogP contribution in [-0.4, -0.2) is 17.1 Å². The summed E-state index contributed by atoms with van der Waals surface area (Å²) in [6, 6.07) is 14.4. The Labute approximate surface area is 201 Å². The quantitative estimate of drug-likeness (QED) is 0.355. The summed E-state index contributed by atoms with van der Waals surface area (Å²) in [5, 5.41) is 0.469. The number of carbonyl (C=O) groups is 1. The Hall–Kier alpha value is -2.23. The van der Waals surface area contributed by atoms with Crippen LogP contribution in [0.15, 0.2) is 69.6 Å². The molecule has 2 aromatic carbocycles. The second-order valence-corrected chi connectivity index (χ2v) is 9.54. The van der Waals surface area contributed by atoms with Gasteiger partial charge in [-0.15, -0.1) is 0 Å². The Bertz CT molecular complexity index is 1390. The monoisotopic (exact) mass is 564 g/mol. The minimum absolute atomic E-state index is 0.221. The van der Waals surface area contributed by atoms with Crippen LogP contribution in [0.5, 0.6) is 0 Å². The van der Waals surface area contributed by atoms with Crippen molar-refractivity contribution in [2.24, 2.45) is 4.99 Å². The number of aromatic nitrogens is 1. The number of esters is 1. The van der Waals surface area contributed by atoms with Crippen molar-refractivity contribution in [3.8, 4) is 0 Å². The molecule has 31 heavy (non-hydrogen) atoms. The van der Waals surface area contributed by atoms with Crippen molar-refractivity contribution in [3.05, 3.63) is 99.2 Å². The van der Waals surface area contributed by atoms with E-state index in [1.807, 2.05) is 48.5 Å². The average molecular weight is 565 g/mol. The van der Waals surface area contributed by atoms with E-state index in [2.05, 4.69) is 27.6 Å². The standard InChI is InChI=1S/C23H18ClIN2O3S/c1-3-30-22(29)19-13(2)26-23-27(20(19)16-9-4-5-10-17(16)24)21(28)18(31-23)12-14-7-6-8-15(25)11-14/h4-12,20H,3H2,1-2H3/b18-12+/t20-/m0/s1. The van der Waals surface area contributed by atoms with E-state index in [9.17, 15) is 9.59 Å². The highest BCUT2D eigenvalue weighted by Crippen LogP contribution is 2.34. The van der Waals surface area contributed by atoms with Crippen molar-refractivity contribution in [3.63, 3.8) is 0 Å². The molecule has 0 spiro atoms. The van der Waals surface area contributed by atoms with Crippen LogP contribution in [0.25, 0.3) is 6.08 Å². The Kier molecular flexibility index (Phi) is 6.45. The summed E-state index contributed by atoms with van der Waals surface area (Å²) in [4.78, 5) is 31.4. The third-order valence-electron chi connectivity index (χ3n) is 4.86. The zero-order valence-electron chi connectivity index (χ0n) is 16.8. The number of hydrogen-bond donors (Lipinski definition) is 0. The summed E-state index contributed by atoms with van der Waals surface area (Å²) in [7, 11) is 0. The maximum atomic E-state index is 13.5. The highest BCUT2D eigenvalue weighted by Gasteiger charge is 2.34. The Morgan fingerprint density at radius 3 is 2.77 bits per heavy atom. The van der Waals surface area contributed by atoms with E-state index in [1.54, 1.807) is 24.5 Å². The number of nitrogens with zero attached hydrogens (tertiary/aromatic N) is 2. The fourth-order valence-electron chi connectivity index (χ4n) is 3.53. The Morgan fingerprint density at radius 2 is 2.06 bits per heavy atom. The van der Waals surface area contributed by atoms with E-state index in [1.165, 1.54) is 11.3 Å². The molecule has 8 heteroatoms. The molecule has 0 N–H and O–H groups in total. The minimum atomic E-state index is -0.706. The molecular formula is C23H18ClIN2O3S. The molecule has 3 aromatic rings. The van der Waals surface area contributed by atoms with E-state index < -0.39 is 12.0 Å². The van der Waals surface area contributed by atoms with Gasteiger partial charge in [-0.05, 0) is 71.8 Å². The van der Waals surface area contributed by atoms with Gasteiger partial charge < -0.3 is 4.74 Å². The Morgan fingerprint density at radius 1 is 1.29 bits per heavy atom. The van der Waals surface area contributed by atoms with Gasteiger partial charge in [0, 0.05) is 8.59 Å². The van der Waals surface area contributed by atoms with Gasteiger partial charge in [0.25, 0.3) is 5.56 Å². The number of carbonyl (C=O) groups excluding carboxylic acids is 1. The predicted octanol–water partition coefficient (Wildman–Crippen LogP) is 4.06. The highest BCUT2D eigenvalue weighted by molar-refractivity contribution is 14.1. The number of fused-ring (bicyclic) bond motifs is 1. The smallest absolute Gasteiger partial charge is 0.338 e. The maximum absolute atomic E-state index is 13.5. The van der Waals surface area contributed by atoms with Crippen molar-refractivity contribution in [1.29, 1.82) is 0 Å². The first-order chi connectivity index (χ1) is 14.9. The lowest BCUT2D eigenvalue weighted by Crippen LogP contribution is -2.40. The molecule has 0 fully saturated rings. The summed E-state index contributed by atoms with van der Waals surface area (Å²) in [5.41, 5.74) is 2.20. The van der Waals surface area contributed by atoms with Crippen molar-refractivity contribution >= 4 is 57.6 Å². The molecule has 0 bridgehead atoms. The van der Waals surface area contributed by atoms with E-state index in [0.717, 1.165) is 9.13 Å². The lowest BCUT2D eigenvalue weighted by Gasteiger charge is -2.25. The van der Waals surface area contributed by atoms with Crippen LogP contribution >= 0.6 is 45.5 Å². The number of halogens is 2. The molecule has 0 saturated heterocycles. The van der Waals surface area contributed by atoms with Gasteiger partial charge in [-0.3, -0.25) is 9.36 Å². The first-order valence-electron chi connectivity index (χ1n) is 9.60. The SMILES string of the molecule is CCOC(=O)C1=C(C)N=c2s/c(=C/c3cccc(I)c3)c(=O)n2[C@H]1c1ccccc1Cl. The van der Waals surface area contributed by atoms with Gasteiger partial charge in [0.2, 0.25) is 0 Å². The molecular weight excluding hydrogens is 547 g/mol. The first kappa shape index (κ1) is 22.0. The number of allylic oxidation sites excluding steroid dienone is 1. The predicted molar refractivity (Wildman–Crippen MR) is 131 cm³/mol. The van der Waals surface area contributed by atoms with Crippen LogP contribution in [-0.2, 0) is 9.53 Å². The third-order valence-corrected chi connectivity index (χ3v) is 6.86. The van der Waals surface area contributed by atoms with Gasteiger partial charge in [0.1, 0.15) is 6.04 Å². The molecule has 0 unspecified atom stereocenters. The summed E-state index contributed by atoms with van der Waals surface area (Å²) in [6.07, 6.45) is 1.85. The molecule has 1 atom stereocenters. The van der Waals surface area contributed by atoms with Gasteiger partial charge in [-0.1, -0.05) is 53.3 Å². The van der Waals surface area contributed by atoms with Crippen LogP contribution in [0.1, 0.15) is 31.0 Å². The van der Waals surface area contributed by atoms with Crippen molar-refractivity contribution in [2.45, 2.75) is 19.9 Å². The normalized spacial score (nSPS) is 16.1. The van der Waals surface area contributed by atoms with Crippen LogP contribution < -0.4 is 14.9 Å². The fourth-order valence-corrected chi connectivity index (χ4v) is 5.38. The summed E-state index contributed by atoms with van der Waals surface area (Å²) >= 11 is 10.0. The van der Waals surface area contributed by atoms with Crippen LogP contribution in [0.4, 0.5) is 0 Å². The molecule has 5 nitrogen and oxygen atoms in total. The van der Waals surface area contributed by atoms with Crippen LogP contribution in [0.2, 0.25) is 5.02 Å². The van der Waals surface area contributed by atoms with Crippen LogP contribution in [0.3, 0.4) is 0 Å². The van der Waals surface area contributed by atoms with Gasteiger partial charge in [0.15, 0.2) is 4.80 Å². The largest absolute Gasteiger partial charge is 0.463 e. The number of benzene rings is 2. The Balaban J connectivity index is 1.99. The summed E-state index contributed by atoms with van der Waals surface area (Å²) in [6.45, 7) is 3.73. The highest BCUT2D eigenvalue weighted by atomic mass is 127. The zero-order chi connectivity index (χ0) is 22.1. The average Bonchev–Trinajstić information content (AvgIpc) is 3.02. The summed E-state index contributed by atoms with van der Waals surface area (Å²) in [5.74, 6) is -0.499. The van der Waals surface area contributed by atoms with Crippen molar-refractivity contribution in [2.75, 3.05) is 6.61 Å². The van der Waals surface area contributed by atoms with E-state index in [0.29, 0.717) is 31.2 Å². The summed E-state index contributed by atoms with van der Waals surface area (Å²) < 4.78 is 8.45. The van der Waals surface area contributed by atoms with Crippen molar-refractivity contribution < 1.29 is 9.53 Å². The van der Waals surface area contributed by atoms with Gasteiger partial charge in [0.05, 0.1) is 22.4 Å². The molecule has 2 heterocycles.